The van der Waals surface area contributed by atoms with Crippen molar-refractivity contribution in [3.8, 4) is 5.75 Å². The van der Waals surface area contributed by atoms with E-state index in [-0.39, 0.29) is 55.2 Å². The van der Waals surface area contributed by atoms with Crippen molar-refractivity contribution < 1.29 is 45.1 Å². The van der Waals surface area contributed by atoms with Crippen LogP contribution >= 0.6 is 0 Å². The van der Waals surface area contributed by atoms with E-state index < -0.39 is 41.8 Å². The topological polar surface area (TPSA) is 142 Å². The fourth-order valence-electron chi connectivity index (χ4n) is 3.71. The molecule has 19 heteroatoms. The van der Waals surface area contributed by atoms with Crippen molar-refractivity contribution in [2.24, 2.45) is 0 Å². The normalized spacial score (nSPS) is 12.5. The molecule has 0 aliphatic carbocycles. The van der Waals surface area contributed by atoms with E-state index in [2.05, 4.69) is 41.0 Å². The van der Waals surface area contributed by atoms with Crippen molar-refractivity contribution in [3.63, 3.8) is 0 Å². The average molecular weight is 629 g/mol. The van der Waals surface area contributed by atoms with Gasteiger partial charge in [0.1, 0.15) is 11.9 Å². The Balaban J connectivity index is 1.19. The molecule has 12 nitrogen and oxygen atoms in total. The van der Waals surface area contributed by atoms with Gasteiger partial charge < -0.3 is 15.4 Å². The van der Waals surface area contributed by atoms with E-state index in [0.29, 0.717) is 6.20 Å². The highest BCUT2D eigenvalue weighted by Crippen LogP contribution is 2.28. The van der Waals surface area contributed by atoms with Crippen LogP contribution in [-0.2, 0) is 37.0 Å². The number of halogens is 7. The number of ether oxygens (including phenoxy) is 1. The first kappa shape index (κ1) is 31.8. The molecule has 44 heavy (non-hydrogen) atoms. The van der Waals surface area contributed by atoms with E-state index in [0.717, 1.165) is 28.9 Å². The largest absolute Gasteiger partial charge is 0.573 e. The lowest BCUT2D eigenvalue weighted by molar-refractivity contribution is -0.274. The molecule has 0 radical (unpaired) electrons. The molecule has 0 fully saturated rings. The van der Waals surface area contributed by atoms with E-state index in [4.69, 9.17) is 0 Å². The zero-order chi connectivity index (χ0) is 31.9. The maximum atomic E-state index is 14.6. The number of rotatable bonds is 12. The Kier molecular flexibility index (Phi) is 9.74. The van der Waals surface area contributed by atoms with Crippen LogP contribution in [-0.4, -0.2) is 59.3 Å². The van der Waals surface area contributed by atoms with Gasteiger partial charge in [0, 0.05) is 19.2 Å². The second-order valence-electron chi connectivity index (χ2n) is 9.22. The average Bonchev–Trinajstić information content (AvgIpc) is 3.59. The molecule has 4 aromatic rings. The Hall–Kier alpha value is -5.10. The molecular weight excluding hydrogens is 607 g/mol. The van der Waals surface area contributed by atoms with Gasteiger partial charge in [0.15, 0.2) is 11.5 Å². The number of aryl methyl sites for hydroxylation is 1. The van der Waals surface area contributed by atoms with Crippen LogP contribution in [0.2, 0.25) is 0 Å². The summed E-state index contributed by atoms with van der Waals surface area (Å²) in [6.45, 7) is -0.347. The highest BCUT2D eigenvalue weighted by atomic mass is 19.4. The third-order valence-corrected chi connectivity index (χ3v) is 5.71. The number of pyridine rings is 1. The minimum Gasteiger partial charge on any atom is -0.406 e. The van der Waals surface area contributed by atoms with Crippen molar-refractivity contribution in [1.82, 2.24) is 40.3 Å². The minimum atomic E-state index is -4.87. The van der Waals surface area contributed by atoms with E-state index in [1.165, 1.54) is 29.2 Å². The molecule has 3 heterocycles. The monoisotopic (exact) mass is 629 g/mol. The summed E-state index contributed by atoms with van der Waals surface area (Å²) in [5.74, 6) is -1.72. The van der Waals surface area contributed by atoms with Gasteiger partial charge in [-0.05, 0) is 29.8 Å². The fraction of sp³-hybridized carbons (Fsp3) is 0.320. The number of carbonyl (C=O) groups is 2. The second-order valence-corrected chi connectivity index (χ2v) is 9.22. The molecule has 2 amide bonds. The third-order valence-electron chi connectivity index (χ3n) is 5.71. The fourth-order valence-corrected chi connectivity index (χ4v) is 3.71. The molecule has 0 saturated heterocycles. The molecular formula is C25H22F7N9O3. The van der Waals surface area contributed by atoms with Crippen LogP contribution in [0.5, 0.6) is 5.75 Å². The predicted molar refractivity (Wildman–Crippen MR) is 135 cm³/mol. The van der Waals surface area contributed by atoms with Crippen molar-refractivity contribution in [1.29, 1.82) is 0 Å². The summed E-state index contributed by atoms with van der Waals surface area (Å²) in [7, 11) is 0. The number of carbonyl (C=O) groups excluding carboxylic acids is 2. The molecule has 2 N–H and O–H groups in total. The Bertz CT molecular complexity index is 1570. The van der Waals surface area contributed by atoms with Gasteiger partial charge in [-0.3, -0.25) is 19.3 Å². The number of benzene rings is 1. The van der Waals surface area contributed by atoms with Crippen molar-refractivity contribution in [2.75, 3.05) is 5.32 Å². The summed E-state index contributed by atoms with van der Waals surface area (Å²) in [4.78, 5) is 28.2. The van der Waals surface area contributed by atoms with Crippen LogP contribution in [0.1, 0.15) is 33.7 Å². The van der Waals surface area contributed by atoms with Gasteiger partial charge in [-0.15, -0.1) is 23.4 Å². The summed E-state index contributed by atoms with van der Waals surface area (Å²) in [5.41, 5.74) is -0.562. The number of anilines is 1. The Morgan fingerprint density at radius 3 is 2.45 bits per heavy atom. The molecule has 4 rings (SSSR count). The van der Waals surface area contributed by atoms with E-state index in [9.17, 15) is 40.3 Å². The number of nitrogens with zero attached hydrogens (tertiary/aromatic N) is 7. The van der Waals surface area contributed by atoms with Crippen LogP contribution in [0.25, 0.3) is 0 Å². The van der Waals surface area contributed by atoms with Gasteiger partial charge in [-0.25, -0.2) is 9.07 Å². The van der Waals surface area contributed by atoms with Crippen LogP contribution < -0.4 is 15.4 Å². The zero-order valence-electron chi connectivity index (χ0n) is 22.3. The van der Waals surface area contributed by atoms with Crippen LogP contribution in [0, 0.1) is 0 Å². The molecule has 0 aliphatic rings. The van der Waals surface area contributed by atoms with Gasteiger partial charge in [0.05, 0.1) is 43.2 Å². The number of hydrogen-bond acceptors (Lipinski definition) is 8. The molecule has 1 unspecified atom stereocenters. The SMILES string of the molecule is O=C(Cc1cccc(OC(F)(F)F)c1)Nc1cn(CC(F)CCn2cc(C(=O)NCc3ccc(C(F)(F)F)cn3)nn2)nn1. The van der Waals surface area contributed by atoms with Gasteiger partial charge in [-0.2, -0.15) is 13.2 Å². The number of hydrogen-bond donors (Lipinski definition) is 2. The number of aromatic nitrogens is 7. The van der Waals surface area contributed by atoms with Crippen LogP contribution in [0.4, 0.5) is 36.6 Å². The van der Waals surface area contributed by atoms with Crippen LogP contribution in [0.3, 0.4) is 0 Å². The molecule has 0 aliphatic heterocycles. The first-order valence-electron chi connectivity index (χ1n) is 12.6. The summed E-state index contributed by atoms with van der Waals surface area (Å²) < 4.78 is 95.9. The maximum Gasteiger partial charge on any atom is 0.573 e. The molecule has 1 aromatic carbocycles. The summed E-state index contributed by atoms with van der Waals surface area (Å²) in [6, 6.07) is 6.90. The van der Waals surface area contributed by atoms with E-state index >= 15 is 0 Å². The highest BCUT2D eigenvalue weighted by Gasteiger charge is 2.31. The maximum absolute atomic E-state index is 14.6. The number of amides is 2. The summed E-state index contributed by atoms with van der Waals surface area (Å²) in [6.07, 6.45) is -7.97. The van der Waals surface area contributed by atoms with Gasteiger partial charge in [0.25, 0.3) is 5.91 Å². The Morgan fingerprint density at radius 2 is 1.75 bits per heavy atom. The minimum absolute atomic E-state index is 0.00308. The molecule has 0 saturated carbocycles. The van der Waals surface area contributed by atoms with Crippen molar-refractivity contribution >= 4 is 17.6 Å². The summed E-state index contributed by atoms with van der Waals surface area (Å²) in [5, 5.41) is 19.8. The molecule has 3 aromatic heterocycles. The first-order chi connectivity index (χ1) is 20.7. The molecule has 1 atom stereocenters. The van der Waals surface area contributed by atoms with E-state index in [1.807, 2.05) is 0 Å². The zero-order valence-corrected chi connectivity index (χ0v) is 22.3. The Labute approximate surface area is 243 Å². The molecule has 0 spiro atoms. The van der Waals surface area contributed by atoms with Gasteiger partial charge in [-0.1, -0.05) is 22.6 Å². The first-order valence-corrected chi connectivity index (χ1v) is 12.6. The summed E-state index contributed by atoms with van der Waals surface area (Å²) >= 11 is 0. The van der Waals surface area contributed by atoms with Crippen molar-refractivity contribution in [3.05, 3.63) is 77.5 Å². The third kappa shape index (κ3) is 9.73. The van der Waals surface area contributed by atoms with Crippen LogP contribution in [0.15, 0.2) is 55.0 Å². The quantitative estimate of drug-likeness (QED) is 0.226. The second kappa shape index (κ2) is 13.5. The van der Waals surface area contributed by atoms with Gasteiger partial charge in [0.2, 0.25) is 5.91 Å². The molecule has 234 valence electrons. The van der Waals surface area contributed by atoms with Gasteiger partial charge >= 0.3 is 12.5 Å². The molecule has 0 bridgehead atoms. The van der Waals surface area contributed by atoms with E-state index in [1.54, 1.807) is 0 Å². The predicted octanol–water partition coefficient (Wildman–Crippen LogP) is 3.72. The smallest absolute Gasteiger partial charge is 0.406 e. The number of nitrogens with one attached hydrogen (secondary N) is 2. The van der Waals surface area contributed by atoms with Crippen molar-refractivity contribution in [2.45, 2.75) is 51.2 Å². The lowest BCUT2D eigenvalue weighted by atomic mass is 10.1. The lowest BCUT2D eigenvalue weighted by Crippen LogP contribution is -2.23. The number of alkyl halides is 7. The Morgan fingerprint density at radius 1 is 0.977 bits per heavy atom. The highest BCUT2D eigenvalue weighted by molar-refractivity contribution is 5.92. The standard InChI is InChI=1S/C25H22F7N9O3/c26-17(6-7-40-13-20(36-38-40)23(43)34-11-18-5-4-16(10-33-18)24(27,28)29)12-41-14-21(37-39-41)35-22(42)9-15-2-1-3-19(8-15)44-25(30,31)32/h1-5,8,10,13-14,17H,6-7,9,11-12H2,(H,34,43)(H,35,42). The lowest BCUT2D eigenvalue weighted by Gasteiger charge is -2.09.